The first-order chi connectivity index (χ1) is 10.5. The van der Waals surface area contributed by atoms with Crippen LogP contribution < -0.4 is 9.57 Å². The van der Waals surface area contributed by atoms with E-state index in [1.165, 1.54) is 12.1 Å². The van der Waals surface area contributed by atoms with Crippen molar-refractivity contribution in [2.24, 2.45) is 5.10 Å². The van der Waals surface area contributed by atoms with Crippen molar-refractivity contribution >= 4 is 15.7 Å². The summed E-state index contributed by atoms with van der Waals surface area (Å²) >= 11 is 0. The summed E-state index contributed by atoms with van der Waals surface area (Å²) in [6.45, 7) is 4.10. The van der Waals surface area contributed by atoms with Gasteiger partial charge in [-0.15, -0.1) is 0 Å². The topological polar surface area (TPSA) is 80.7 Å². The van der Waals surface area contributed by atoms with Crippen molar-refractivity contribution in [1.29, 1.82) is 0 Å². The molecule has 7 heteroatoms. The minimum absolute atomic E-state index is 0.124. The van der Waals surface area contributed by atoms with Crippen LogP contribution >= 0.6 is 0 Å². The molecule has 2 aromatic rings. The van der Waals surface area contributed by atoms with Gasteiger partial charge in [-0.1, -0.05) is 6.07 Å². The molecule has 0 amide bonds. The average molecular weight is 319 g/mol. The van der Waals surface area contributed by atoms with Crippen LogP contribution in [0.25, 0.3) is 0 Å². The number of hydrogen-bond donors (Lipinski definition) is 1. The number of pyridine rings is 1. The summed E-state index contributed by atoms with van der Waals surface area (Å²) in [5.41, 5.74) is 1.28. The molecule has 0 saturated heterocycles. The molecule has 0 saturated carbocycles. The molecule has 0 radical (unpaired) electrons. The second-order valence-corrected chi connectivity index (χ2v) is 6.10. The molecule has 0 bridgehead atoms. The van der Waals surface area contributed by atoms with Crippen molar-refractivity contribution in [2.75, 3.05) is 6.61 Å². The number of ether oxygens (including phenoxy) is 1. The first-order valence-corrected chi connectivity index (χ1v) is 8.20. The first kappa shape index (κ1) is 16.0. The largest absolute Gasteiger partial charge is 0.494 e. The molecule has 0 unspecified atom stereocenters. The van der Waals surface area contributed by atoms with Gasteiger partial charge in [-0.3, -0.25) is 4.98 Å². The number of hydrogen-bond acceptors (Lipinski definition) is 5. The van der Waals surface area contributed by atoms with Gasteiger partial charge in [0.15, 0.2) is 0 Å². The van der Waals surface area contributed by atoms with E-state index in [1.807, 2.05) is 6.92 Å². The molecule has 0 atom stereocenters. The molecule has 0 spiro atoms. The van der Waals surface area contributed by atoms with Crippen molar-refractivity contribution in [1.82, 2.24) is 9.82 Å². The van der Waals surface area contributed by atoms with E-state index in [2.05, 4.69) is 14.9 Å². The van der Waals surface area contributed by atoms with E-state index < -0.39 is 10.0 Å². The third-order valence-corrected chi connectivity index (χ3v) is 4.08. The highest BCUT2D eigenvalue weighted by Gasteiger charge is 2.13. The third kappa shape index (κ3) is 4.05. The zero-order valence-corrected chi connectivity index (χ0v) is 13.2. The van der Waals surface area contributed by atoms with Gasteiger partial charge in [0.05, 0.1) is 17.2 Å². The van der Waals surface area contributed by atoms with Crippen LogP contribution in [0.5, 0.6) is 5.75 Å². The maximum atomic E-state index is 12.2. The van der Waals surface area contributed by atoms with Gasteiger partial charge in [0, 0.05) is 18.0 Å². The third-order valence-electron chi connectivity index (χ3n) is 2.86. The van der Waals surface area contributed by atoms with E-state index in [4.69, 9.17) is 4.74 Å². The molecule has 2 rings (SSSR count). The van der Waals surface area contributed by atoms with Crippen LogP contribution in [0.4, 0.5) is 0 Å². The predicted molar refractivity (Wildman–Crippen MR) is 84.4 cm³/mol. The Labute approximate surface area is 129 Å². The maximum Gasteiger partial charge on any atom is 0.276 e. The molecule has 0 fully saturated rings. The lowest BCUT2D eigenvalue weighted by Gasteiger charge is -2.07. The van der Waals surface area contributed by atoms with Crippen molar-refractivity contribution in [2.45, 2.75) is 18.7 Å². The first-order valence-electron chi connectivity index (χ1n) is 6.72. The summed E-state index contributed by atoms with van der Waals surface area (Å²) in [5.74, 6) is 0.622. The standard InChI is InChI=1S/C15H17N3O3S/c1-3-21-14-6-8-15(9-7-14)22(19,20)18-17-12(2)13-5-4-10-16-11-13/h4-11,18H,3H2,1-2H3/b17-12+. The lowest BCUT2D eigenvalue weighted by atomic mass is 10.2. The number of nitrogens with zero attached hydrogens (tertiary/aromatic N) is 2. The fraction of sp³-hybridized carbons (Fsp3) is 0.200. The Morgan fingerprint density at radius 1 is 1.27 bits per heavy atom. The van der Waals surface area contributed by atoms with E-state index >= 15 is 0 Å². The monoisotopic (exact) mass is 319 g/mol. The second-order valence-electron chi connectivity index (χ2n) is 4.44. The molecule has 1 heterocycles. The number of benzene rings is 1. The Balaban J connectivity index is 2.14. The summed E-state index contributed by atoms with van der Waals surface area (Å²) < 4.78 is 29.6. The van der Waals surface area contributed by atoms with E-state index in [0.717, 1.165) is 5.56 Å². The molecule has 1 N–H and O–H groups in total. The Morgan fingerprint density at radius 3 is 2.59 bits per heavy atom. The van der Waals surface area contributed by atoms with Crippen molar-refractivity contribution in [3.05, 3.63) is 54.4 Å². The Bertz CT molecular complexity index is 741. The van der Waals surface area contributed by atoms with Crippen molar-refractivity contribution in [3.63, 3.8) is 0 Å². The molecular weight excluding hydrogens is 302 g/mol. The fourth-order valence-electron chi connectivity index (χ4n) is 1.70. The SMILES string of the molecule is CCOc1ccc(S(=O)(=O)N/N=C(\C)c2cccnc2)cc1. The quantitative estimate of drug-likeness (QED) is 0.653. The van der Waals surface area contributed by atoms with Crippen LogP contribution in [0.2, 0.25) is 0 Å². The second kappa shape index (κ2) is 7.04. The lowest BCUT2D eigenvalue weighted by Crippen LogP contribution is -2.20. The van der Waals surface area contributed by atoms with Gasteiger partial charge in [0.1, 0.15) is 5.75 Å². The Kier molecular flexibility index (Phi) is 5.11. The van der Waals surface area contributed by atoms with E-state index in [9.17, 15) is 8.42 Å². The molecule has 6 nitrogen and oxygen atoms in total. The van der Waals surface area contributed by atoms with Gasteiger partial charge in [-0.2, -0.15) is 18.4 Å². The highest BCUT2D eigenvalue weighted by atomic mass is 32.2. The Hall–Kier alpha value is -2.41. The lowest BCUT2D eigenvalue weighted by molar-refractivity contribution is 0.340. The molecule has 0 aliphatic rings. The van der Waals surface area contributed by atoms with Gasteiger partial charge >= 0.3 is 0 Å². The minimum atomic E-state index is -3.71. The van der Waals surface area contributed by atoms with E-state index in [-0.39, 0.29) is 4.90 Å². The summed E-state index contributed by atoms with van der Waals surface area (Å²) in [4.78, 5) is 6.30. The fourth-order valence-corrected chi connectivity index (χ4v) is 2.56. The number of rotatable bonds is 6. The molecular formula is C15H17N3O3S. The molecule has 0 aliphatic carbocycles. The van der Waals surface area contributed by atoms with Gasteiger partial charge < -0.3 is 4.74 Å². The average Bonchev–Trinajstić information content (AvgIpc) is 2.54. The summed E-state index contributed by atoms with van der Waals surface area (Å²) in [7, 11) is -3.71. The minimum Gasteiger partial charge on any atom is -0.494 e. The summed E-state index contributed by atoms with van der Waals surface area (Å²) in [6, 6.07) is 9.72. The van der Waals surface area contributed by atoms with Crippen molar-refractivity contribution < 1.29 is 13.2 Å². The Morgan fingerprint density at radius 2 is 2.00 bits per heavy atom. The van der Waals surface area contributed by atoms with Gasteiger partial charge in [-0.05, 0) is 44.2 Å². The van der Waals surface area contributed by atoms with Crippen molar-refractivity contribution in [3.8, 4) is 5.75 Å². The van der Waals surface area contributed by atoms with E-state index in [1.54, 1.807) is 43.6 Å². The van der Waals surface area contributed by atoms with Crippen LogP contribution in [0.3, 0.4) is 0 Å². The number of aromatic nitrogens is 1. The zero-order valence-electron chi connectivity index (χ0n) is 12.4. The highest BCUT2D eigenvalue weighted by Crippen LogP contribution is 2.15. The number of hydrazone groups is 1. The molecule has 1 aromatic heterocycles. The highest BCUT2D eigenvalue weighted by molar-refractivity contribution is 7.89. The van der Waals surface area contributed by atoms with Gasteiger partial charge in [-0.25, -0.2) is 0 Å². The van der Waals surface area contributed by atoms with E-state index in [0.29, 0.717) is 18.1 Å². The van der Waals surface area contributed by atoms with Crippen LogP contribution in [0, 0.1) is 0 Å². The smallest absolute Gasteiger partial charge is 0.276 e. The maximum absolute atomic E-state index is 12.2. The van der Waals surface area contributed by atoms with Crippen LogP contribution in [-0.4, -0.2) is 25.7 Å². The summed E-state index contributed by atoms with van der Waals surface area (Å²) in [6.07, 6.45) is 3.25. The van der Waals surface area contributed by atoms with Crippen LogP contribution in [0.15, 0.2) is 58.8 Å². The molecule has 0 aliphatic heterocycles. The molecule has 116 valence electrons. The predicted octanol–water partition coefficient (Wildman–Crippen LogP) is 2.18. The van der Waals surface area contributed by atoms with Gasteiger partial charge in [0.25, 0.3) is 10.0 Å². The number of nitrogens with one attached hydrogen (secondary N) is 1. The zero-order chi connectivity index (χ0) is 16.0. The van der Waals surface area contributed by atoms with Gasteiger partial charge in [0.2, 0.25) is 0 Å². The number of sulfonamides is 1. The molecule has 22 heavy (non-hydrogen) atoms. The van der Waals surface area contributed by atoms with Crippen LogP contribution in [0.1, 0.15) is 19.4 Å². The molecule has 1 aromatic carbocycles. The summed E-state index contributed by atoms with van der Waals surface area (Å²) in [5, 5.41) is 3.91. The normalized spacial score (nSPS) is 12.0. The van der Waals surface area contributed by atoms with Crippen LogP contribution in [-0.2, 0) is 10.0 Å².